The van der Waals surface area contributed by atoms with E-state index in [1.54, 1.807) is 0 Å². The number of rotatable bonds is 4. The molecule has 0 aliphatic carbocycles. The lowest BCUT2D eigenvalue weighted by molar-refractivity contribution is 0.0555. The molecule has 1 N–H and O–H groups in total. The van der Waals surface area contributed by atoms with Crippen LogP contribution in [0.5, 0.6) is 0 Å². The standard InChI is InChI=1S/C16H26BrN3/c1-12-9-20(10-13(2)19(12)4)11-15-6-5-14(8-18-3)7-16(15)17/h5-7,12-13,18H,8-11H2,1-4H3. The van der Waals surface area contributed by atoms with E-state index in [4.69, 9.17) is 0 Å². The van der Waals surface area contributed by atoms with Gasteiger partial charge in [0.15, 0.2) is 0 Å². The van der Waals surface area contributed by atoms with Gasteiger partial charge in [-0.3, -0.25) is 9.80 Å². The van der Waals surface area contributed by atoms with Crippen LogP contribution >= 0.6 is 15.9 Å². The number of benzene rings is 1. The zero-order valence-electron chi connectivity index (χ0n) is 13.0. The summed E-state index contributed by atoms with van der Waals surface area (Å²) in [5.74, 6) is 0. The Morgan fingerprint density at radius 3 is 2.45 bits per heavy atom. The van der Waals surface area contributed by atoms with Gasteiger partial charge in [-0.2, -0.15) is 0 Å². The zero-order valence-corrected chi connectivity index (χ0v) is 14.6. The van der Waals surface area contributed by atoms with Gasteiger partial charge in [0, 0.05) is 42.7 Å². The molecular weight excluding hydrogens is 314 g/mol. The van der Waals surface area contributed by atoms with Gasteiger partial charge < -0.3 is 5.32 Å². The first-order valence-corrected chi connectivity index (χ1v) is 8.16. The summed E-state index contributed by atoms with van der Waals surface area (Å²) in [6, 6.07) is 7.96. The first kappa shape index (κ1) is 16.0. The number of piperazine rings is 1. The maximum absolute atomic E-state index is 3.72. The Morgan fingerprint density at radius 1 is 1.25 bits per heavy atom. The Labute approximate surface area is 131 Å². The Kier molecular flexibility index (Phi) is 5.61. The van der Waals surface area contributed by atoms with Crippen LogP contribution in [0.3, 0.4) is 0 Å². The molecular formula is C16H26BrN3. The maximum atomic E-state index is 3.72. The number of nitrogens with zero attached hydrogens (tertiary/aromatic N) is 2. The minimum absolute atomic E-state index is 0.626. The van der Waals surface area contributed by atoms with Crippen LogP contribution in [0.2, 0.25) is 0 Å². The third-order valence-electron chi connectivity index (χ3n) is 4.33. The number of likely N-dealkylation sites (N-methyl/N-ethyl adjacent to an activating group) is 1. The fourth-order valence-electron chi connectivity index (χ4n) is 2.92. The average Bonchev–Trinajstić information content (AvgIpc) is 2.39. The van der Waals surface area contributed by atoms with Gasteiger partial charge in [0.05, 0.1) is 0 Å². The lowest BCUT2D eigenvalue weighted by Crippen LogP contribution is -2.54. The van der Waals surface area contributed by atoms with Crippen LogP contribution in [-0.4, -0.2) is 49.1 Å². The Balaban J connectivity index is 2.03. The molecule has 0 amide bonds. The highest BCUT2D eigenvalue weighted by atomic mass is 79.9. The van der Waals surface area contributed by atoms with Crippen LogP contribution in [-0.2, 0) is 13.1 Å². The third-order valence-corrected chi connectivity index (χ3v) is 5.07. The van der Waals surface area contributed by atoms with Crippen LogP contribution in [0.1, 0.15) is 25.0 Å². The number of nitrogens with one attached hydrogen (secondary N) is 1. The lowest BCUT2D eigenvalue weighted by atomic mass is 10.1. The van der Waals surface area contributed by atoms with Crippen molar-refractivity contribution in [2.24, 2.45) is 0 Å². The summed E-state index contributed by atoms with van der Waals surface area (Å²) >= 11 is 3.72. The van der Waals surface area contributed by atoms with E-state index in [2.05, 4.69) is 70.1 Å². The molecule has 2 unspecified atom stereocenters. The number of hydrogen-bond acceptors (Lipinski definition) is 3. The van der Waals surface area contributed by atoms with Gasteiger partial charge >= 0.3 is 0 Å². The van der Waals surface area contributed by atoms with Crippen LogP contribution in [0.25, 0.3) is 0 Å². The summed E-state index contributed by atoms with van der Waals surface area (Å²) in [5, 5.41) is 3.19. The molecule has 1 aromatic carbocycles. The topological polar surface area (TPSA) is 18.5 Å². The first-order valence-electron chi connectivity index (χ1n) is 7.37. The smallest absolute Gasteiger partial charge is 0.0246 e. The molecule has 1 heterocycles. The SMILES string of the molecule is CNCc1ccc(CN2CC(C)N(C)C(C)C2)c(Br)c1. The Bertz CT molecular complexity index is 437. The minimum atomic E-state index is 0.626. The quantitative estimate of drug-likeness (QED) is 0.909. The number of hydrogen-bond donors (Lipinski definition) is 1. The predicted octanol–water partition coefficient (Wildman–Crippen LogP) is 2.69. The second-order valence-electron chi connectivity index (χ2n) is 6.01. The molecule has 112 valence electrons. The van der Waals surface area contributed by atoms with Crippen molar-refractivity contribution < 1.29 is 0 Å². The molecule has 0 spiro atoms. The van der Waals surface area contributed by atoms with Gasteiger partial charge in [-0.15, -0.1) is 0 Å². The van der Waals surface area contributed by atoms with Crippen molar-refractivity contribution in [3.8, 4) is 0 Å². The van der Waals surface area contributed by atoms with Gasteiger partial charge in [-0.05, 0) is 45.1 Å². The molecule has 2 rings (SSSR count). The molecule has 1 saturated heterocycles. The second kappa shape index (κ2) is 7.03. The van der Waals surface area contributed by atoms with E-state index < -0.39 is 0 Å². The summed E-state index contributed by atoms with van der Waals surface area (Å²) in [4.78, 5) is 5.04. The molecule has 0 bridgehead atoms. The van der Waals surface area contributed by atoms with E-state index in [-0.39, 0.29) is 0 Å². The van der Waals surface area contributed by atoms with Gasteiger partial charge in [-0.1, -0.05) is 28.1 Å². The van der Waals surface area contributed by atoms with Gasteiger partial charge in [0.1, 0.15) is 0 Å². The van der Waals surface area contributed by atoms with E-state index in [0.717, 1.165) is 26.2 Å². The monoisotopic (exact) mass is 339 g/mol. The molecule has 4 heteroatoms. The molecule has 2 atom stereocenters. The van der Waals surface area contributed by atoms with Crippen molar-refractivity contribution in [3.05, 3.63) is 33.8 Å². The van der Waals surface area contributed by atoms with Crippen molar-refractivity contribution >= 4 is 15.9 Å². The highest BCUT2D eigenvalue weighted by molar-refractivity contribution is 9.10. The van der Waals surface area contributed by atoms with E-state index in [9.17, 15) is 0 Å². The van der Waals surface area contributed by atoms with Crippen molar-refractivity contribution in [2.75, 3.05) is 27.2 Å². The first-order chi connectivity index (χ1) is 9.51. The van der Waals surface area contributed by atoms with Crippen LogP contribution in [0, 0.1) is 0 Å². The highest BCUT2D eigenvalue weighted by Gasteiger charge is 2.26. The van der Waals surface area contributed by atoms with E-state index >= 15 is 0 Å². The predicted molar refractivity (Wildman–Crippen MR) is 88.9 cm³/mol. The summed E-state index contributed by atoms with van der Waals surface area (Å²) in [5.41, 5.74) is 2.71. The molecule has 3 nitrogen and oxygen atoms in total. The molecule has 1 aliphatic rings. The van der Waals surface area contributed by atoms with Crippen LogP contribution in [0.15, 0.2) is 22.7 Å². The fourth-order valence-corrected chi connectivity index (χ4v) is 3.47. The van der Waals surface area contributed by atoms with Gasteiger partial charge in [0.25, 0.3) is 0 Å². The molecule has 0 aromatic heterocycles. The van der Waals surface area contributed by atoms with E-state index in [0.29, 0.717) is 12.1 Å². The largest absolute Gasteiger partial charge is 0.316 e. The number of halogens is 1. The summed E-state index contributed by atoms with van der Waals surface area (Å²) in [7, 11) is 4.21. The summed E-state index contributed by atoms with van der Waals surface area (Å²) < 4.78 is 1.23. The van der Waals surface area contributed by atoms with Crippen molar-refractivity contribution in [1.82, 2.24) is 15.1 Å². The van der Waals surface area contributed by atoms with Crippen molar-refractivity contribution in [1.29, 1.82) is 0 Å². The molecule has 1 aromatic rings. The molecule has 1 aliphatic heterocycles. The van der Waals surface area contributed by atoms with Gasteiger partial charge in [0.2, 0.25) is 0 Å². The zero-order chi connectivity index (χ0) is 14.7. The van der Waals surface area contributed by atoms with Crippen molar-refractivity contribution in [3.63, 3.8) is 0 Å². The molecule has 1 fully saturated rings. The maximum Gasteiger partial charge on any atom is 0.0246 e. The molecule has 0 radical (unpaired) electrons. The second-order valence-corrected chi connectivity index (χ2v) is 6.87. The molecule has 0 saturated carbocycles. The van der Waals surface area contributed by atoms with E-state index in [1.165, 1.54) is 15.6 Å². The Hall–Kier alpha value is -0.420. The summed E-state index contributed by atoms with van der Waals surface area (Å²) in [6.45, 7) is 8.86. The highest BCUT2D eigenvalue weighted by Crippen LogP contribution is 2.22. The van der Waals surface area contributed by atoms with Crippen LogP contribution < -0.4 is 5.32 Å². The normalized spacial score (nSPS) is 25.1. The molecule has 20 heavy (non-hydrogen) atoms. The fraction of sp³-hybridized carbons (Fsp3) is 0.625. The summed E-state index contributed by atoms with van der Waals surface area (Å²) in [6.07, 6.45) is 0. The third kappa shape index (κ3) is 3.82. The van der Waals surface area contributed by atoms with Crippen LogP contribution in [0.4, 0.5) is 0 Å². The Morgan fingerprint density at radius 2 is 1.90 bits per heavy atom. The average molecular weight is 340 g/mol. The lowest BCUT2D eigenvalue weighted by Gasteiger charge is -2.42. The van der Waals surface area contributed by atoms with Crippen molar-refractivity contribution in [2.45, 2.75) is 39.0 Å². The minimum Gasteiger partial charge on any atom is -0.316 e. The van der Waals surface area contributed by atoms with E-state index in [1.807, 2.05) is 7.05 Å². The van der Waals surface area contributed by atoms with Gasteiger partial charge in [-0.25, -0.2) is 0 Å².